The van der Waals surface area contributed by atoms with E-state index in [4.69, 9.17) is 0 Å². The zero-order valence-electron chi connectivity index (χ0n) is 13.4. The molecule has 2 fully saturated rings. The van der Waals surface area contributed by atoms with Crippen molar-refractivity contribution in [2.75, 3.05) is 25.0 Å². The summed E-state index contributed by atoms with van der Waals surface area (Å²) in [6, 6.07) is 10.3. The van der Waals surface area contributed by atoms with Gasteiger partial charge in [0, 0.05) is 24.8 Å². The molecular formula is C18H27N3O. The highest BCUT2D eigenvalue weighted by molar-refractivity contribution is 5.94. The first-order chi connectivity index (χ1) is 10.7. The Morgan fingerprint density at radius 1 is 1.18 bits per heavy atom. The van der Waals surface area contributed by atoms with E-state index in [1.165, 1.54) is 19.4 Å². The van der Waals surface area contributed by atoms with Crippen molar-refractivity contribution in [2.24, 2.45) is 5.92 Å². The molecule has 1 aliphatic carbocycles. The van der Waals surface area contributed by atoms with Crippen LogP contribution in [0.1, 0.15) is 32.6 Å². The molecule has 2 N–H and O–H groups in total. The van der Waals surface area contributed by atoms with Crippen LogP contribution < -0.4 is 10.6 Å². The van der Waals surface area contributed by atoms with Crippen LogP contribution in [0.25, 0.3) is 0 Å². The molecule has 0 spiro atoms. The van der Waals surface area contributed by atoms with Gasteiger partial charge in [0.1, 0.15) is 0 Å². The third kappa shape index (κ3) is 4.31. The highest BCUT2D eigenvalue weighted by Crippen LogP contribution is 2.28. The molecule has 0 bridgehead atoms. The second kappa shape index (κ2) is 7.25. The molecule has 0 aromatic heterocycles. The van der Waals surface area contributed by atoms with E-state index in [1.807, 2.05) is 37.3 Å². The van der Waals surface area contributed by atoms with Crippen molar-refractivity contribution < 1.29 is 4.79 Å². The van der Waals surface area contributed by atoms with Gasteiger partial charge in [-0.25, -0.2) is 0 Å². The summed E-state index contributed by atoms with van der Waals surface area (Å²) in [7, 11) is 0. The number of nitrogens with zero attached hydrogens (tertiary/aromatic N) is 1. The summed E-state index contributed by atoms with van der Waals surface area (Å²) in [6.07, 6.45) is 5.11. The van der Waals surface area contributed by atoms with Gasteiger partial charge in [-0.05, 0) is 57.2 Å². The van der Waals surface area contributed by atoms with Crippen LogP contribution in [0.3, 0.4) is 0 Å². The number of hydrogen-bond donors (Lipinski definition) is 2. The molecule has 4 nitrogen and oxygen atoms in total. The van der Waals surface area contributed by atoms with E-state index < -0.39 is 0 Å². The fourth-order valence-corrected chi connectivity index (χ4v) is 3.08. The number of piperidine rings is 1. The predicted molar refractivity (Wildman–Crippen MR) is 89.9 cm³/mol. The second-order valence-electron chi connectivity index (χ2n) is 6.69. The van der Waals surface area contributed by atoms with Crippen LogP contribution in [-0.2, 0) is 4.79 Å². The van der Waals surface area contributed by atoms with Gasteiger partial charge in [-0.1, -0.05) is 18.2 Å². The van der Waals surface area contributed by atoms with Crippen molar-refractivity contribution in [3.05, 3.63) is 30.3 Å². The number of nitrogens with one attached hydrogen (secondary N) is 2. The average molecular weight is 301 g/mol. The lowest BCUT2D eigenvalue weighted by Crippen LogP contribution is -2.49. The normalized spacial score (nSPS) is 21.5. The van der Waals surface area contributed by atoms with Crippen molar-refractivity contribution in [3.63, 3.8) is 0 Å². The van der Waals surface area contributed by atoms with Crippen molar-refractivity contribution in [1.29, 1.82) is 0 Å². The Morgan fingerprint density at radius 2 is 1.86 bits per heavy atom. The lowest BCUT2D eigenvalue weighted by atomic mass is 10.0. The summed E-state index contributed by atoms with van der Waals surface area (Å²) in [5, 5.41) is 6.69. The highest BCUT2D eigenvalue weighted by atomic mass is 16.2. The maximum Gasteiger partial charge on any atom is 0.241 e. The van der Waals surface area contributed by atoms with Crippen molar-refractivity contribution in [3.8, 4) is 0 Å². The summed E-state index contributed by atoms with van der Waals surface area (Å²) in [5.74, 6) is 1.03. The molecule has 1 unspecified atom stereocenters. The molecule has 1 aromatic rings. The summed E-state index contributed by atoms with van der Waals surface area (Å²) in [6.45, 7) is 5.21. The molecule has 22 heavy (non-hydrogen) atoms. The van der Waals surface area contributed by atoms with Gasteiger partial charge in [0.25, 0.3) is 0 Å². The van der Waals surface area contributed by atoms with E-state index in [0.29, 0.717) is 6.04 Å². The molecule has 3 rings (SSSR count). The molecule has 1 amide bonds. The van der Waals surface area contributed by atoms with Crippen LogP contribution >= 0.6 is 0 Å². The van der Waals surface area contributed by atoms with E-state index in [0.717, 1.165) is 37.5 Å². The quantitative estimate of drug-likeness (QED) is 0.848. The summed E-state index contributed by atoms with van der Waals surface area (Å²) >= 11 is 0. The second-order valence-corrected chi connectivity index (χ2v) is 6.69. The number of para-hydroxylation sites is 1. The highest BCUT2D eigenvalue weighted by Gasteiger charge is 2.28. The molecule has 0 radical (unpaired) electrons. The molecule has 1 saturated heterocycles. The van der Waals surface area contributed by atoms with Crippen LogP contribution in [0.2, 0.25) is 0 Å². The number of rotatable bonds is 6. The number of likely N-dealkylation sites (tertiary alicyclic amines) is 1. The molecule has 1 aromatic carbocycles. The fourth-order valence-electron chi connectivity index (χ4n) is 3.08. The van der Waals surface area contributed by atoms with Crippen molar-refractivity contribution >= 4 is 11.6 Å². The molecule has 120 valence electrons. The Morgan fingerprint density at radius 3 is 2.50 bits per heavy atom. The van der Waals surface area contributed by atoms with E-state index >= 15 is 0 Å². The maximum absolute atomic E-state index is 12.3. The molecule has 1 aliphatic heterocycles. The van der Waals surface area contributed by atoms with Gasteiger partial charge in [0.15, 0.2) is 0 Å². The summed E-state index contributed by atoms with van der Waals surface area (Å²) in [4.78, 5) is 14.6. The fraction of sp³-hybridized carbons (Fsp3) is 0.611. The average Bonchev–Trinajstić information content (AvgIpc) is 3.38. The first kappa shape index (κ1) is 15.5. The molecule has 2 aliphatic rings. The largest absolute Gasteiger partial charge is 0.325 e. The van der Waals surface area contributed by atoms with Gasteiger partial charge in [-0.3, -0.25) is 9.69 Å². The monoisotopic (exact) mass is 301 g/mol. The van der Waals surface area contributed by atoms with Gasteiger partial charge >= 0.3 is 0 Å². The van der Waals surface area contributed by atoms with E-state index in [-0.39, 0.29) is 11.9 Å². The zero-order valence-corrected chi connectivity index (χ0v) is 13.4. The minimum Gasteiger partial charge on any atom is -0.325 e. The molecule has 1 atom stereocenters. The Balaban J connectivity index is 1.42. The van der Waals surface area contributed by atoms with Crippen LogP contribution in [-0.4, -0.2) is 42.5 Å². The van der Waals surface area contributed by atoms with Crippen LogP contribution in [0.5, 0.6) is 0 Å². The van der Waals surface area contributed by atoms with Crippen LogP contribution in [0.15, 0.2) is 30.3 Å². The van der Waals surface area contributed by atoms with Gasteiger partial charge in [0.05, 0.1) is 6.04 Å². The minimum atomic E-state index is -0.0652. The first-order valence-corrected chi connectivity index (χ1v) is 8.55. The SMILES string of the molecule is CC(C(=O)Nc1ccccc1)N1CCC(NCC2CC2)CC1. The lowest BCUT2D eigenvalue weighted by molar-refractivity contribution is -0.121. The summed E-state index contributed by atoms with van der Waals surface area (Å²) < 4.78 is 0. The number of carbonyl (C=O) groups excluding carboxylic acids is 1. The predicted octanol–water partition coefficient (Wildman–Crippen LogP) is 2.48. The third-order valence-electron chi connectivity index (χ3n) is 4.89. The number of carbonyl (C=O) groups is 1. The maximum atomic E-state index is 12.3. The van der Waals surface area contributed by atoms with Gasteiger partial charge < -0.3 is 10.6 Å². The standard InChI is InChI=1S/C18H27N3O/c1-14(18(22)20-17-5-3-2-4-6-17)21-11-9-16(10-12-21)19-13-15-7-8-15/h2-6,14-16,19H,7-13H2,1H3,(H,20,22). The number of anilines is 1. The number of hydrogen-bond acceptors (Lipinski definition) is 3. The van der Waals surface area contributed by atoms with Gasteiger partial charge in [0.2, 0.25) is 5.91 Å². The third-order valence-corrected chi connectivity index (χ3v) is 4.89. The topological polar surface area (TPSA) is 44.4 Å². The minimum absolute atomic E-state index is 0.0652. The molecule has 1 heterocycles. The Kier molecular flexibility index (Phi) is 5.11. The molecule has 4 heteroatoms. The Bertz CT molecular complexity index is 478. The van der Waals surface area contributed by atoms with E-state index in [9.17, 15) is 4.79 Å². The van der Waals surface area contributed by atoms with Crippen molar-refractivity contribution in [2.45, 2.75) is 44.7 Å². The smallest absolute Gasteiger partial charge is 0.241 e. The van der Waals surface area contributed by atoms with Crippen LogP contribution in [0.4, 0.5) is 5.69 Å². The van der Waals surface area contributed by atoms with E-state index in [1.54, 1.807) is 0 Å². The number of benzene rings is 1. The Labute approximate surface area is 133 Å². The Hall–Kier alpha value is -1.39. The lowest BCUT2D eigenvalue weighted by Gasteiger charge is -2.35. The van der Waals surface area contributed by atoms with E-state index in [2.05, 4.69) is 15.5 Å². The first-order valence-electron chi connectivity index (χ1n) is 8.55. The van der Waals surface area contributed by atoms with Crippen molar-refractivity contribution in [1.82, 2.24) is 10.2 Å². The van der Waals surface area contributed by atoms with Gasteiger partial charge in [-0.15, -0.1) is 0 Å². The molecular weight excluding hydrogens is 274 g/mol. The van der Waals surface area contributed by atoms with Crippen LogP contribution in [0, 0.1) is 5.92 Å². The summed E-state index contributed by atoms with van der Waals surface area (Å²) in [5.41, 5.74) is 0.875. The molecule has 1 saturated carbocycles. The number of amides is 1. The van der Waals surface area contributed by atoms with Gasteiger partial charge in [-0.2, -0.15) is 0 Å². The zero-order chi connectivity index (χ0) is 15.4.